The fraction of sp³-hybridized carbons (Fsp3) is 0.194. The Morgan fingerprint density at radius 1 is 0.976 bits per heavy atom. The van der Waals surface area contributed by atoms with E-state index in [0.717, 1.165) is 16.8 Å². The Hall–Kier alpha value is -5.25. The minimum Gasteiger partial charge on any atom is -0.497 e. The zero-order valence-electron chi connectivity index (χ0n) is 23.1. The van der Waals surface area contributed by atoms with Gasteiger partial charge in [-0.3, -0.25) is 14.6 Å². The first-order chi connectivity index (χ1) is 19.9. The lowest BCUT2D eigenvalue weighted by atomic mass is 10.0. The molecule has 0 fully saturated rings. The predicted octanol–water partition coefficient (Wildman–Crippen LogP) is 4.31. The SMILES string of the molecule is COc1cccc([C@H](C(=O)Nc2ccc(N(C)C)cc2)N(Cc2cccnc2)C(=O)Cn2nnc3ccccc32)c1. The van der Waals surface area contributed by atoms with E-state index in [1.807, 2.05) is 79.7 Å². The second-order valence-electron chi connectivity index (χ2n) is 9.73. The number of nitrogens with one attached hydrogen (secondary N) is 1. The lowest BCUT2D eigenvalue weighted by molar-refractivity contribution is -0.140. The maximum Gasteiger partial charge on any atom is 0.251 e. The molecule has 208 valence electrons. The summed E-state index contributed by atoms with van der Waals surface area (Å²) in [5, 5.41) is 11.4. The number of hydrogen-bond donors (Lipinski definition) is 1. The summed E-state index contributed by atoms with van der Waals surface area (Å²) >= 11 is 0. The van der Waals surface area contributed by atoms with Gasteiger partial charge in [0, 0.05) is 44.4 Å². The fourth-order valence-electron chi connectivity index (χ4n) is 4.60. The van der Waals surface area contributed by atoms with Crippen molar-refractivity contribution < 1.29 is 14.3 Å². The molecule has 1 N–H and O–H groups in total. The molecule has 2 amide bonds. The van der Waals surface area contributed by atoms with Gasteiger partial charge in [-0.1, -0.05) is 35.5 Å². The van der Waals surface area contributed by atoms with Crippen LogP contribution >= 0.6 is 0 Å². The molecule has 0 bridgehead atoms. The van der Waals surface area contributed by atoms with Crippen molar-refractivity contribution in [3.8, 4) is 5.75 Å². The molecule has 10 heteroatoms. The molecule has 41 heavy (non-hydrogen) atoms. The Morgan fingerprint density at radius 3 is 2.51 bits per heavy atom. The van der Waals surface area contributed by atoms with Crippen molar-refractivity contribution in [3.05, 3.63) is 108 Å². The van der Waals surface area contributed by atoms with E-state index in [1.54, 1.807) is 53.4 Å². The number of ether oxygens (including phenoxy) is 1. The average Bonchev–Trinajstić information content (AvgIpc) is 3.40. The highest BCUT2D eigenvalue weighted by molar-refractivity contribution is 5.98. The molecular weight excluding hydrogens is 518 g/mol. The molecule has 0 saturated carbocycles. The number of amides is 2. The highest BCUT2D eigenvalue weighted by Gasteiger charge is 2.32. The van der Waals surface area contributed by atoms with Gasteiger partial charge in [0.1, 0.15) is 23.9 Å². The maximum atomic E-state index is 14.1. The van der Waals surface area contributed by atoms with E-state index in [9.17, 15) is 9.59 Å². The Bertz CT molecular complexity index is 1630. The predicted molar refractivity (Wildman–Crippen MR) is 157 cm³/mol. The van der Waals surface area contributed by atoms with Gasteiger partial charge in [-0.25, -0.2) is 4.68 Å². The number of carbonyl (C=O) groups excluding carboxylic acids is 2. The van der Waals surface area contributed by atoms with Crippen molar-refractivity contribution in [2.75, 3.05) is 31.4 Å². The molecule has 0 unspecified atom stereocenters. The molecular formula is C31H31N7O3. The van der Waals surface area contributed by atoms with Crippen LogP contribution in [-0.2, 0) is 22.7 Å². The van der Waals surface area contributed by atoms with E-state index in [1.165, 1.54) is 0 Å². The van der Waals surface area contributed by atoms with E-state index in [0.29, 0.717) is 22.5 Å². The third-order valence-corrected chi connectivity index (χ3v) is 6.72. The van der Waals surface area contributed by atoms with Crippen LogP contribution in [0.3, 0.4) is 0 Å². The second kappa shape index (κ2) is 12.3. The molecule has 0 aliphatic heterocycles. The van der Waals surface area contributed by atoms with E-state index in [4.69, 9.17) is 4.74 Å². The smallest absolute Gasteiger partial charge is 0.251 e. The average molecular weight is 550 g/mol. The topological polar surface area (TPSA) is 105 Å². The normalized spacial score (nSPS) is 11.6. The molecule has 2 heterocycles. The van der Waals surface area contributed by atoms with Crippen molar-refractivity contribution >= 4 is 34.2 Å². The highest BCUT2D eigenvalue weighted by Crippen LogP contribution is 2.29. The van der Waals surface area contributed by atoms with Gasteiger partial charge in [0.2, 0.25) is 5.91 Å². The lowest BCUT2D eigenvalue weighted by Crippen LogP contribution is -2.42. The summed E-state index contributed by atoms with van der Waals surface area (Å²) in [6.07, 6.45) is 3.35. The van der Waals surface area contributed by atoms with Gasteiger partial charge in [0.25, 0.3) is 5.91 Å². The van der Waals surface area contributed by atoms with Gasteiger partial charge in [0.15, 0.2) is 0 Å². The van der Waals surface area contributed by atoms with Crippen LogP contribution in [0.25, 0.3) is 11.0 Å². The second-order valence-corrected chi connectivity index (χ2v) is 9.73. The van der Waals surface area contributed by atoms with Gasteiger partial charge in [0.05, 0.1) is 12.6 Å². The van der Waals surface area contributed by atoms with Crippen molar-refractivity contribution in [1.82, 2.24) is 24.9 Å². The number of anilines is 2. The molecule has 0 aliphatic rings. The van der Waals surface area contributed by atoms with Gasteiger partial charge in [-0.2, -0.15) is 0 Å². The third kappa shape index (κ3) is 6.33. The standard InChI is InChI=1S/C31H31N7O3/c1-36(2)25-15-13-24(14-16-25)33-31(40)30(23-9-6-10-26(18-23)41-3)37(20-22-8-7-17-32-19-22)29(39)21-38-28-12-5-4-11-27(28)34-35-38/h4-19,30H,20-21H2,1-3H3,(H,33,40)/t30-/m1/s1. The number of aromatic nitrogens is 4. The van der Waals surface area contributed by atoms with Crippen LogP contribution in [0, 0.1) is 0 Å². The summed E-state index contributed by atoms with van der Waals surface area (Å²) in [5.41, 5.74) is 4.41. The number of rotatable bonds is 10. The van der Waals surface area contributed by atoms with Crippen molar-refractivity contribution in [2.24, 2.45) is 0 Å². The van der Waals surface area contributed by atoms with Crippen LogP contribution in [0.1, 0.15) is 17.2 Å². The fourth-order valence-corrected chi connectivity index (χ4v) is 4.60. The Kier molecular flexibility index (Phi) is 8.19. The minimum atomic E-state index is -0.985. The number of carbonyl (C=O) groups is 2. The van der Waals surface area contributed by atoms with Gasteiger partial charge < -0.3 is 19.9 Å². The number of hydrogen-bond acceptors (Lipinski definition) is 7. The molecule has 0 aliphatic carbocycles. The number of methoxy groups -OCH3 is 1. The Labute approximate surface area is 238 Å². The molecule has 0 saturated heterocycles. The van der Waals surface area contributed by atoms with Crippen LogP contribution in [0.2, 0.25) is 0 Å². The molecule has 0 radical (unpaired) electrons. The first-order valence-corrected chi connectivity index (χ1v) is 13.1. The molecule has 5 aromatic rings. The number of fused-ring (bicyclic) bond motifs is 1. The molecule has 3 aromatic carbocycles. The molecule has 0 spiro atoms. The number of para-hydroxylation sites is 1. The first-order valence-electron chi connectivity index (χ1n) is 13.1. The van der Waals surface area contributed by atoms with Crippen molar-refractivity contribution in [1.29, 1.82) is 0 Å². The van der Waals surface area contributed by atoms with E-state index < -0.39 is 6.04 Å². The zero-order valence-corrected chi connectivity index (χ0v) is 23.1. The lowest BCUT2D eigenvalue weighted by Gasteiger charge is -2.31. The monoisotopic (exact) mass is 549 g/mol. The summed E-state index contributed by atoms with van der Waals surface area (Å²) < 4.78 is 7.01. The zero-order chi connectivity index (χ0) is 28.8. The molecule has 10 nitrogen and oxygen atoms in total. The Morgan fingerprint density at radius 2 is 1.78 bits per heavy atom. The highest BCUT2D eigenvalue weighted by atomic mass is 16.5. The van der Waals surface area contributed by atoms with Crippen LogP contribution < -0.4 is 15.0 Å². The van der Waals surface area contributed by atoms with Gasteiger partial charge in [-0.15, -0.1) is 5.10 Å². The van der Waals surface area contributed by atoms with E-state index in [2.05, 4.69) is 20.6 Å². The summed E-state index contributed by atoms with van der Waals surface area (Å²) in [4.78, 5) is 35.9. The van der Waals surface area contributed by atoms with Crippen LogP contribution in [0.5, 0.6) is 5.75 Å². The largest absolute Gasteiger partial charge is 0.497 e. The molecule has 2 aromatic heterocycles. The summed E-state index contributed by atoms with van der Waals surface area (Å²) in [6.45, 7) is 0.0419. The summed E-state index contributed by atoms with van der Waals surface area (Å²) in [5.74, 6) is -0.0985. The maximum absolute atomic E-state index is 14.1. The summed E-state index contributed by atoms with van der Waals surface area (Å²) in [6, 6.07) is 24.8. The molecule has 5 rings (SSSR count). The molecule has 1 atom stereocenters. The van der Waals surface area contributed by atoms with Crippen molar-refractivity contribution in [3.63, 3.8) is 0 Å². The number of benzene rings is 3. The van der Waals surface area contributed by atoms with Gasteiger partial charge in [-0.05, 0) is 65.7 Å². The van der Waals surface area contributed by atoms with Crippen LogP contribution in [0.4, 0.5) is 11.4 Å². The number of nitrogens with zero attached hydrogens (tertiary/aromatic N) is 6. The van der Waals surface area contributed by atoms with E-state index >= 15 is 0 Å². The first kappa shape index (κ1) is 27.3. The minimum absolute atomic E-state index is 0.105. The van der Waals surface area contributed by atoms with Crippen LogP contribution in [0.15, 0.2) is 97.3 Å². The van der Waals surface area contributed by atoms with Crippen molar-refractivity contribution in [2.45, 2.75) is 19.1 Å². The van der Waals surface area contributed by atoms with Gasteiger partial charge >= 0.3 is 0 Å². The summed E-state index contributed by atoms with van der Waals surface area (Å²) in [7, 11) is 5.47. The van der Waals surface area contributed by atoms with Crippen LogP contribution in [-0.4, -0.2) is 57.9 Å². The quantitative estimate of drug-likeness (QED) is 0.277. The Balaban J connectivity index is 1.54. The van der Waals surface area contributed by atoms with E-state index in [-0.39, 0.29) is 24.9 Å². The number of pyridine rings is 1. The third-order valence-electron chi connectivity index (χ3n) is 6.72.